The van der Waals surface area contributed by atoms with Crippen LogP contribution in [0.3, 0.4) is 0 Å². The van der Waals surface area contributed by atoms with Crippen LogP contribution in [-0.2, 0) is 6.54 Å². The summed E-state index contributed by atoms with van der Waals surface area (Å²) in [6, 6.07) is 5.66. The number of nitro groups is 1. The molecular formula is C15H23N3O3. The van der Waals surface area contributed by atoms with E-state index in [4.69, 9.17) is 4.74 Å². The van der Waals surface area contributed by atoms with E-state index in [9.17, 15) is 10.1 Å². The molecule has 1 unspecified atom stereocenters. The lowest BCUT2D eigenvalue weighted by Crippen LogP contribution is -2.42. The molecule has 0 radical (unpaired) electrons. The molecule has 1 fully saturated rings. The number of hydrogen-bond acceptors (Lipinski definition) is 5. The van der Waals surface area contributed by atoms with Crippen LogP contribution in [0.15, 0.2) is 18.2 Å². The summed E-state index contributed by atoms with van der Waals surface area (Å²) in [5, 5.41) is 14.4. The zero-order chi connectivity index (χ0) is 15.2. The van der Waals surface area contributed by atoms with Gasteiger partial charge < -0.3 is 15.0 Å². The Kier molecular flexibility index (Phi) is 5.52. The Morgan fingerprint density at radius 1 is 1.48 bits per heavy atom. The van der Waals surface area contributed by atoms with E-state index >= 15 is 0 Å². The van der Waals surface area contributed by atoms with Gasteiger partial charge in [0.05, 0.1) is 12.0 Å². The first kappa shape index (κ1) is 15.7. The van der Waals surface area contributed by atoms with Crippen LogP contribution >= 0.6 is 0 Å². The number of piperidine rings is 1. The molecule has 1 aliphatic rings. The highest BCUT2D eigenvalue weighted by molar-refractivity contribution is 5.48. The van der Waals surface area contributed by atoms with E-state index in [1.54, 1.807) is 12.1 Å². The normalized spacial score (nSPS) is 19.4. The van der Waals surface area contributed by atoms with Crippen molar-refractivity contribution in [3.05, 3.63) is 33.9 Å². The fraction of sp³-hybridized carbons (Fsp3) is 0.600. The molecule has 0 aliphatic carbocycles. The SMILES string of the molecule is COc1ccc(CNCC2CCCCN2C)cc1[N+](=O)[O-]. The maximum atomic E-state index is 11.0. The molecule has 1 N–H and O–H groups in total. The minimum Gasteiger partial charge on any atom is -0.490 e. The number of nitro benzene ring substituents is 1. The molecule has 6 heteroatoms. The molecule has 0 aromatic heterocycles. The number of nitrogens with zero attached hydrogens (tertiary/aromatic N) is 2. The van der Waals surface area contributed by atoms with Gasteiger partial charge in [0.15, 0.2) is 5.75 Å². The Bertz CT molecular complexity index is 493. The molecule has 0 spiro atoms. The lowest BCUT2D eigenvalue weighted by molar-refractivity contribution is -0.385. The van der Waals surface area contributed by atoms with E-state index in [0.29, 0.717) is 18.3 Å². The highest BCUT2D eigenvalue weighted by Crippen LogP contribution is 2.27. The van der Waals surface area contributed by atoms with E-state index < -0.39 is 4.92 Å². The van der Waals surface area contributed by atoms with Gasteiger partial charge in [-0.2, -0.15) is 0 Å². The first-order valence-electron chi connectivity index (χ1n) is 7.34. The molecule has 1 saturated heterocycles. The molecule has 1 atom stereocenters. The van der Waals surface area contributed by atoms with Crippen LogP contribution in [0.5, 0.6) is 5.75 Å². The molecule has 116 valence electrons. The second-order valence-corrected chi connectivity index (χ2v) is 5.52. The molecule has 21 heavy (non-hydrogen) atoms. The van der Waals surface area contributed by atoms with Crippen molar-refractivity contribution < 1.29 is 9.66 Å². The van der Waals surface area contributed by atoms with Crippen LogP contribution in [-0.4, -0.2) is 43.1 Å². The number of ether oxygens (including phenoxy) is 1. The summed E-state index contributed by atoms with van der Waals surface area (Å²) >= 11 is 0. The van der Waals surface area contributed by atoms with Crippen molar-refractivity contribution in [3.8, 4) is 5.75 Å². The zero-order valence-electron chi connectivity index (χ0n) is 12.7. The van der Waals surface area contributed by atoms with Crippen molar-refractivity contribution in [3.63, 3.8) is 0 Å². The smallest absolute Gasteiger partial charge is 0.311 e. The first-order chi connectivity index (χ1) is 10.1. The Balaban J connectivity index is 1.91. The van der Waals surface area contributed by atoms with Crippen molar-refractivity contribution in [1.29, 1.82) is 0 Å². The van der Waals surface area contributed by atoms with Gasteiger partial charge in [0, 0.05) is 25.2 Å². The molecule has 0 amide bonds. The van der Waals surface area contributed by atoms with Gasteiger partial charge in [0.2, 0.25) is 0 Å². The standard InChI is InChI=1S/C15H23N3O3/c1-17-8-4-3-5-13(17)11-16-10-12-6-7-15(21-2)14(9-12)18(19)20/h6-7,9,13,16H,3-5,8,10-11H2,1-2H3. The maximum Gasteiger partial charge on any atom is 0.311 e. The average Bonchev–Trinajstić information content (AvgIpc) is 2.49. The van der Waals surface area contributed by atoms with Gasteiger partial charge in [-0.15, -0.1) is 0 Å². The van der Waals surface area contributed by atoms with Crippen LogP contribution < -0.4 is 10.1 Å². The molecule has 0 saturated carbocycles. The third-order valence-corrected chi connectivity index (χ3v) is 4.07. The summed E-state index contributed by atoms with van der Waals surface area (Å²) in [6.45, 7) is 2.70. The third-order valence-electron chi connectivity index (χ3n) is 4.07. The predicted octanol–water partition coefficient (Wildman–Crippen LogP) is 2.18. The van der Waals surface area contributed by atoms with E-state index in [2.05, 4.69) is 17.3 Å². The van der Waals surface area contributed by atoms with E-state index in [1.807, 2.05) is 6.07 Å². The van der Waals surface area contributed by atoms with Crippen LogP contribution in [0.25, 0.3) is 0 Å². The van der Waals surface area contributed by atoms with Crippen LogP contribution in [0.4, 0.5) is 5.69 Å². The maximum absolute atomic E-state index is 11.0. The summed E-state index contributed by atoms with van der Waals surface area (Å²) in [4.78, 5) is 13.0. The summed E-state index contributed by atoms with van der Waals surface area (Å²) in [7, 11) is 3.60. The topological polar surface area (TPSA) is 67.6 Å². The number of likely N-dealkylation sites (tertiary alicyclic amines) is 1. The minimum atomic E-state index is -0.406. The van der Waals surface area contributed by atoms with Gasteiger partial charge in [-0.05, 0) is 38.1 Å². The lowest BCUT2D eigenvalue weighted by atomic mass is 10.0. The molecule has 0 bridgehead atoms. The molecule has 1 aromatic rings. The van der Waals surface area contributed by atoms with Gasteiger partial charge in [-0.1, -0.05) is 12.5 Å². The van der Waals surface area contributed by atoms with Crippen LogP contribution in [0, 0.1) is 10.1 Å². The van der Waals surface area contributed by atoms with Gasteiger partial charge in [0.1, 0.15) is 0 Å². The number of nitrogens with one attached hydrogen (secondary N) is 1. The van der Waals surface area contributed by atoms with Crippen LogP contribution in [0.1, 0.15) is 24.8 Å². The first-order valence-corrected chi connectivity index (χ1v) is 7.34. The second-order valence-electron chi connectivity index (χ2n) is 5.52. The average molecular weight is 293 g/mol. The molecule has 1 aliphatic heterocycles. The van der Waals surface area contributed by atoms with E-state index in [1.165, 1.54) is 26.4 Å². The van der Waals surface area contributed by atoms with Gasteiger partial charge >= 0.3 is 5.69 Å². The quantitative estimate of drug-likeness (QED) is 0.643. The molecule has 6 nitrogen and oxygen atoms in total. The fourth-order valence-electron chi connectivity index (χ4n) is 2.77. The number of methoxy groups -OCH3 is 1. The summed E-state index contributed by atoms with van der Waals surface area (Å²) in [5.74, 6) is 0.302. The number of benzene rings is 1. The third kappa shape index (κ3) is 4.15. The fourth-order valence-corrected chi connectivity index (χ4v) is 2.77. The summed E-state index contributed by atoms with van der Waals surface area (Å²) in [5.41, 5.74) is 0.924. The molecule has 1 heterocycles. The van der Waals surface area contributed by atoms with Crippen molar-refractivity contribution in [2.24, 2.45) is 0 Å². The second kappa shape index (κ2) is 7.38. The van der Waals surface area contributed by atoms with Crippen LogP contribution in [0.2, 0.25) is 0 Å². The Morgan fingerprint density at radius 3 is 2.95 bits per heavy atom. The summed E-state index contributed by atoms with van der Waals surface area (Å²) < 4.78 is 5.01. The number of likely N-dealkylation sites (N-methyl/N-ethyl adjacent to an activating group) is 1. The Morgan fingerprint density at radius 2 is 2.29 bits per heavy atom. The van der Waals surface area contributed by atoms with E-state index in [0.717, 1.165) is 18.7 Å². The number of hydrogen-bond donors (Lipinski definition) is 1. The highest BCUT2D eigenvalue weighted by atomic mass is 16.6. The zero-order valence-corrected chi connectivity index (χ0v) is 12.7. The Hall–Kier alpha value is -1.66. The highest BCUT2D eigenvalue weighted by Gasteiger charge is 2.18. The van der Waals surface area contributed by atoms with Crippen molar-refractivity contribution >= 4 is 5.69 Å². The van der Waals surface area contributed by atoms with Crippen molar-refractivity contribution in [2.75, 3.05) is 27.2 Å². The summed E-state index contributed by atoms with van der Waals surface area (Å²) in [6.07, 6.45) is 3.77. The van der Waals surface area contributed by atoms with Gasteiger partial charge in [0.25, 0.3) is 0 Å². The van der Waals surface area contributed by atoms with E-state index in [-0.39, 0.29) is 5.69 Å². The largest absolute Gasteiger partial charge is 0.490 e. The minimum absolute atomic E-state index is 0.0200. The van der Waals surface area contributed by atoms with Gasteiger partial charge in [-0.25, -0.2) is 0 Å². The van der Waals surface area contributed by atoms with Gasteiger partial charge in [-0.3, -0.25) is 10.1 Å². The molecule has 1 aromatic carbocycles. The lowest BCUT2D eigenvalue weighted by Gasteiger charge is -2.32. The number of rotatable bonds is 6. The molecule has 2 rings (SSSR count). The molecular weight excluding hydrogens is 270 g/mol. The monoisotopic (exact) mass is 293 g/mol. The van der Waals surface area contributed by atoms with Crippen molar-refractivity contribution in [1.82, 2.24) is 10.2 Å². The predicted molar refractivity (Wildman–Crippen MR) is 81.6 cm³/mol. The van der Waals surface area contributed by atoms with Crippen molar-refractivity contribution in [2.45, 2.75) is 31.8 Å². The Labute approximate surface area is 125 Å².